The Labute approximate surface area is 367 Å². The molecule has 0 aliphatic heterocycles. The van der Waals surface area contributed by atoms with Crippen LogP contribution in [0.15, 0.2) is 227 Å². The zero-order valence-electron chi connectivity index (χ0n) is 34.5. The van der Waals surface area contributed by atoms with E-state index in [0.29, 0.717) is 0 Å². The van der Waals surface area contributed by atoms with Crippen LogP contribution in [0.5, 0.6) is 0 Å². The van der Waals surface area contributed by atoms with Crippen molar-refractivity contribution in [3.05, 3.63) is 218 Å². The van der Waals surface area contributed by atoms with E-state index in [1.54, 1.807) is 0 Å². The molecule has 4 heterocycles. The molecular weight excluding hydrogens is 781 g/mol. The molecule has 0 aliphatic rings. The lowest BCUT2D eigenvalue weighted by molar-refractivity contribution is 0.669. The Hall–Kier alpha value is -8.60. The molecule has 4 aromatic heterocycles. The van der Waals surface area contributed by atoms with Crippen LogP contribution in [-0.2, 0) is 0 Å². The summed E-state index contributed by atoms with van der Waals surface area (Å²) in [7, 11) is 0. The molecular formula is C60H36N2O2. The van der Waals surface area contributed by atoms with Crippen LogP contribution in [0.25, 0.3) is 132 Å². The number of para-hydroxylation sites is 3. The fraction of sp³-hybridized carbons (Fsp3) is 0. The van der Waals surface area contributed by atoms with Crippen molar-refractivity contribution in [1.29, 1.82) is 0 Å². The normalized spacial score (nSPS) is 12.1. The summed E-state index contributed by atoms with van der Waals surface area (Å²) >= 11 is 0. The maximum atomic E-state index is 6.64. The predicted octanol–water partition coefficient (Wildman–Crippen LogP) is 16.7. The second-order valence-corrected chi connectivity index (χ2v) is 16.9. The van der Waals surface area contributed by atoms with Crippen molar-refractivity contribution in [1.82, 2.24) is 9.13 Å². The molecule has 0 atom stereocenters. The maximum Gasteiger partial charge on any atom is 0.137 e. The first kappa shape index (κ1) is 35.0. The summed E-state index contributed by atoms with van der Waals surface area (Å²) in [6.45, 7) is 0. The molecule has 0 saturated heterocycles. The number of benzene rings is 10. The quantitative estimate of drug-likeness (QED) is 0.173. The largest absolute Gasteiger partial charge is 0.456 e. The fourth-order valence-electron chi connectivity index (χ4n) is 10.3. The number of nitrogens with zero attached hydrogens (tertiary/aromatic N) is 2. The molecule has 4 heteroatoms. The SMILES string of the molecule is c1ccc(-c2cc(-c3ccccc3)cc(-n3c4ccc(-c5ccc6oc7cc8c(cc7c6c5)c5ccccc5n8-c5ccccc5)cc4c4cc5c(cc43)oc3ccccc35)c2)cc1. The molecule has 0 radical (unpaired) electrons. The summed E-state index contributed by atoms with van der Waals surface area (Å²) in [5.41, 5.74) is 17.2. The van der Waals surface area contributed by atoms with Crippen LogP contribution < -0.4 is 0 Å². The minimum atomic E-state index is 0.874. The molecule has 14 rings (SSSR count). The Kier molecular flexibility index (Phi) is 7.36. The molecule has 0 N–H and O–H groups in total. The second-order valence-electron chi connectivity index (χ2n) is 16.9. The van der Waals surface area contributed by atoms with Gasteiger partial charge in [-0.1, -0.05) is 127 Å². The van der Waals surface area contributed by atoms with Gasteiger partial charge < -0.3 is 18.0 Å². The molecule has 14 aromatic rings. The van der Waals surface area contributed by atoms with Gasteiger partial charge in [-0.3, -0.25) is 0 Å². The van der Waals surface area contributed by atoms with E-state index in [9.17, 15) is 0 Å². The highest BCUT2D eigenvalue weighted by Gasteiger charge is 2.20. The summed E-state index contributed by atoms with van der Waals surface area (Å²) in [5.74, 6) is 0. The van der Waals surface area contributed by atoms with Gasteiger partial charge in [-0.25, -0.2) is 0 Å². The van der Waals surface area contributed by atoms with Crippen molar-refractivity contribution >= 4 is 87.5 Å². The highest BCUT2D eigenvalue weighted by molar-refractivity contribution is 6.20. The molecule has 0 saturated carbocycles. The van der Waals surface area contributed by atoms with Gasteiger partial charge >= 0.3 is 0 Å². The average molecular weight is 817 g/mol. The highest BCUT2D eigenvalue weighted by Crippen LogP contribution is 2.43. The van der Waals surface area contributed by atoms with E-state index in [2.05, 4.69) is 221 Å². The standard InChI is InChI=1S/C60H36N2O2/c1-4-14-37(15-5-1)41-28-42(38-16-6-2-7-17-38)30-44(29-41)62-54-26-24-39(31-47(54)49-34-51-46-21-11-13-23-57(46)63-59(51)36-56(49)62)40-25-27-58-50(32-40)52-33-48-45-20-10-12-22-53(45)61(43-18-8-3-9-19-43)55(48)35-60(52)64-58/h1-36H. The fourth-order valence-corrected chi connectivity index (χ4v) is 10.3. The molecule has 10 aromatic carbocycles. The Morgan fingerprint density at radius 1 is 0.219 bits per heavy atom. The molecule has 0 bridgehead atoms. The van der Waals surface area contributed by atoms with E-state index in [0.717, 1.165) is 94.1 Å². The highest BCUT2D eigenvalue weighted by atomic mass is 16.3. The third-order valence-electron chi connectivity index (χ3n) is 13.3. The first-order valence-corrected chi connectivity index (χ1v) is 21.8. The number of furan rings is 2. The minimum absolute atomic E-state index is 0.874. The molecule has 298 valence electrons. The summed E-state index contributed by atoms with van der Waals surface area (Å²) < 4.78 is 18.0. The molecule has 0 aliphatic carbocycles. The Balaban J connectivity index is 0.995. The minimum Gasteiger partial charge on any atom is -0.456 e. The monoisotopic (exact) mass is 816 g/mol. The molecule has 0 fully saturated rings. The van der Waals surface area contributed by atoms with Crippen molar-refractivity contribution in [3.63, 3.8) is 0 Å². The van der Waals surface area contributed by atoms with Gasteiger partial charge in [0.1, 0.15) is 22.3 Å². The van der Waals surface area contributed by atoms with Crippen LogP contribution in [0.4, 0.5) is 0 Å². The van der Waals surface area contributed by atoms with Crippen LogP contribution in [0.3, 0.4) is 0 Å². The van der Waals surface area contributed by atoms with Crippen LogP contribution in [0.2, 0.25) is 0 Å². The molecule has 0 unspecified atom stereocenters. The van der Waals surface area contributed by atoms with Crippen molar-refractivity contribution < 1.29 is 8.83 Å². The van der Waals surface area contributed by atoms with E-state index in [4.69, 9.17) is 8.83 Å². The number of aromatic nitrogens is 2. The van der Waals surface area contributed by atoms with Gasteiger partial charge in [-0.15, -0.1) is 0 Å². The predicted molar refractivity (Wildman–Crippen MR) is 266 cm³/mol. The van der Waals surface area contributed by atoms with Gasteiger partial charge in [0.15, 0.2) is 0 Å². The summed E-state index contributed by atoms with van der Waals surface area (Å²) in [5, 5.41) is 9.23. The van der Waals surface area contributed by atoms with Crippen LogP contribution in [0, 0.1) is 0 Å². The van der Waals surface area contributed by atoms with Crippen LogP contribution in [-0.4, -0.2) is 9.13 Å². The molecule has 4 nitrogen and oxygen atoms in total. The zero-order valence-corrected chi connectivity index (χ0v) is 34.5. The van der Waals surface area contributed by atoms with Gasteiger partial charge in [0.05, 0.1) is 22.1 Å². The van der Waals surface area contributed by atoms with Gasteiger partial charge in [0.2, 0.25) is 0 Å². The summed E-state index contributed by atoms with van der Waals surface area (Å²) in [6.07, 6.45) is 0. The van der Waals surface area contributed by atoms with Crippen LogP contribution in [0.1, 0.15) is 0 Å². The topological polar surface area (TPSA) is 36.1 Å². The lowest BCUT2D eigenvalue weighted by atomic mass is 9.98. The molecule has 64 heavy (non-hydrogen) atoms. The lowest BCUT2D eigenvalue weighted by Gasteiger charge is -2.14. The molecule has 0 amide bonds. The Bertz CT molecular complexity index is 4110. The van der Waals surface area contributed by atoms with E-state index < -0.39 is 0 Å². The number of rotatable bonds is 5. The lowest BCUT2D eigenvalue weighted by Crippen LogP contribution is -1.96. The Morgan fingerprint density at radius 3 is 1.38 bits per heavy atom. The zero-order chi connectivity index (χ0) is 41.9. The third-order valence-corrected chi connectivity index (χ3v) is 13.3. The van der Waals surface area contributed by atoms with E-state index in [1.165, 1.54) is 38.2 Å². The smallest absolute Gasteiger partial charge is 0.137 e. The first-order chi connectivity index (χ1) is 31.7. The van der Waals surface area contributed by atoms with Crippen LogP contribution >= 0.6 is 0 Å². The van der Waals surface area contributed by atoms with Crippen molar-refractivity contribution in [2.45, 2.75) is 0 Å². The number of fused-ring (bicyclic) bond motifs is 12. The summed E-state index contributed by atoms with van der Waals surface area (Å²) in [6, 6.07) is 78.6. The van der Waals surface area contributed by atoms with Gasteiger partial charge in [-0.2, -0.15) is 0 Å². The third kappa shape index (κ3) is 5.23. The summed E-state index contributed by atoms with van der Waals surface area (Å²) in [4.78, 5) is 0. The number of hydrogen-bond donors (Lipinski definition) is 0. The Morgan fingerprint density at radius 2 is 0.688 bits per heavy atom. The van der Waals surface area contributed by atoms with Crippen molar-refractivity contribution in [2.24, 2.45) is 0 Å². The van der Waals surface area contributed by atoms with E-state index in [-0.39, 0.29) is 0 Å². The second kappa shape index (κ2) is 13.4. The van der Waals surface area contributed by atoms with Gasteiger partial charge in [0, 0.05) is 66.6 Å². The van der Waals surface area contributed by atoms with Crippen molar-refractivity contribution in [3.8, 4) is 44.8 Å². The average Bonchev–Trinajstić information content (AvgIpc) is 4.10. The maximum absolute atomic E-state index is 6.64. The van der Waals surface area contributed by atoms with E-state index >= 15 is 0 Å². The number of hydrogen-bond acceptors (Lipinski definition) is 2. The molecule has 0 spiro atoms. The van der Waals surface area contributed by atoms with Gasteiger partial charge in [0.25, 0.3) is 0 Å². The first-order valence-electron chi connectivity index (χ1n) is 21.8. The van der Waals surface area contributed by atoms with Crippen molar-refractivity contribution in [2.75, 3.05) is 0 Å². The van der Waals surface area contributed by atoms with E-state index in [1.807, 2.05) is 6.07 Å². The van der Waals surface area contributed by atoms with Gasteiger partial charge in [-0.05, 0) is 112 Å².